The molecule has 28 heavy (non-hydrogen) atoms. The van der Waals surface area contributed by atoms with E-state index in [1.54, 1.807) is 25.1 Å². The van der Waals surface area contributed by atoms with E-state index in [9.17, 15) is 4.79 Å². The number of methoxy groups -OCH3 is 1. The largest absolute Gasteiger partial charge is 0.378 e. The molecule has 1 fully saturated rings. The number of amides is 1. The third-order valence-corrected chi connectivity index (χ3v) is 6.78. The minimum atomic E-state index is -0.0833. The molecule has 1 aliphatic carbocycles. The Morgan fingerprint density at radius 1 is 1.36 bits per heavy atom. The van der Waals surface area contributed by atoms with Gasteiger partial charge in [0.05, 0.1) is 17.9 Å². The molecule has 0 bridgehead atoms. The zero-order chi connectivity index (χ0) is 19.6. The highest BCUT2D eigenvalue weighted by molar-refractivity contribution is 7.99. The van der Waals surface area contributed by atoms with Gasteiger partial charge in [0, 0.05) is 31.0 Å². The van der Waals surface area contributed by atoms with Crippen molar-refractivity contribution in [1.29, 1.82) is 0 Å². The molecule has 2 aliphatic rings. The number of thioether (sulfide) groups is 1. The molecule has 1 spiro atoms. The average molecular weight is 401 g/mol. The third-order valence-electron chi connectivity index (χ3n) is 6.23. The number of piperidine rings is 1. The zero-order valence-electron chi connectivity index (χ0n) is 16.5. The van der Waals surface area contributed by atoms with Crippen molar-refractivity contribution in [2.75, 3.05) is 32.2 Å². The van der Waals surface area contributed by atoms with Crippen molar-refractivity contribution in [2.45, 2.75) is 36.9 Å². The Balaban J connectivity index is 1.57. The van der Waals surface area contributed by atoms with Gasteiger partial charge in [-0.1, -0.05) is 24.3 Å². The van der Waals surface area contributed by atoms with E-state index in [0.717, 1.165) is 38.2 Å². The Morgan fingerprint density at radius 2 is 2.14 bits per heavy atom. The average Bonchev–Trinajstić information content (AvgIpc) is 3.30. The highest BCUT2D eigenvalue weighted by Gasteiger charge is 2.53. The van der Waals surface area contributed by atoms with Crippen molar-refractivity contribution in [3.8, 4) is 0 Å². The molecule has 6 nitrogen and oxygen atoms in total. The van der Waals surface area contributed by atoms with Gasteiger partial charge < -0.3 is 10.1 Å². The fourth-order valence-corrected chi connectivity index (χ4v) is 5.34. The van der Waals surface area contributed by atoms with Crippen LogP contribution in [0.3, 0.4) is 0 Å². The number of hydrogen-bond acceptors (Lipinski definition) is 5. The highest BCUT2D eigenvalue weighted by Crippen LogP contribution is 2.52. The lowest BCUT2D eigenvalue weighted by atomic mass is 9.72. The van der Waals surface area contributed by atoms with E-state index in [1.807, 2.05) is 12.3 Å². The number of aromatic nitrogens is 2. The molecule has 0 saturated carbocycles. The monoisotopic (exact) mass is 400 g/mol. The summed E-state index contributed by atoms with van der Waals surface area (Å²) in [6.07, 6.45) is 5.76. The highest BCUT2D eigenvalue weighted by atomic mass is 32.2. The number of nitrogens with zero attached hydrogens (tertiary/aromatic N) is 2. The maximum absolute atomic E-state index is 12.4. The van der Waals surface area contributed by atoms with Crippen LogP contribution in [-0.4, -0.2) is 59.3 Å². The van der Waals surface area contributed by atoms with Gasteiger partial charge in [-0.05, 0) is 49.4 Å². The van der Waals surface area contributed by atoms with Crippen LogP contribution in [0, 0.1) is 0 Å². The second kappa shape index (κ2) is 8.27. The lowest BCUT2D eigenvalue weighted by Gasteiger charge is -2.44. The number of likely N-dealkylation sites (tertiary alicyclic amines) is 1. The van der Waals surface area contributed by atoms with Crippen LogP contribution in [0.1, 0.15) is 35.7 Å². The molecular formula is C21H28N4O2S. The van der Waals surface area contributed by atoms with Crippen LogP contribution >= 0.6 is 11.8 Å². The number of benzene rings is 1. The molecule has 2 aromatic rings. The van der Waals surface area contributed by atoms with Crippen LogP contribution in [0.25, 0.3) is 0 Å². The molecule has 7 heteroatoms. The Kier molecular flexibility index (Phi) is 5.75. The molecule has 0 unspecified atom stereocenters. The Labute approximate surface area is 170 Å². The molecule has 2 atom stereocenters. The van der Waals surface area contributed by atoms with Gasteiger partial charge in [0.25, 0.3) is 0 Å². The van der Waals surface area contributed by atoms with Gasteiger partial charge in [-0.15, -0.1) is 0 Å². The van der Waals surface area contributed by atoms with E-state index in [-0.39, 0.29) is 23.5 Å². The number of fused-ring (bicyclic) bond motifs is 2. The summed E-state index contributed by atoms with van der Waals surface area (Å²) in [4.78, 5) is 14.8. The van der Waals surface area contributed by atoms with E-state index < -0.39 is 0 Å². The standard InChI is InChI=1S/C21H28N4O2S/c1-27-20-19(23-18(26)14-28-2)16-5-3-4-6-17(16)21(20)8-11-25(12-9-21)13-15-7-10-22-24-15/h3-7,10,19-20H,8-9,11-14H2,1-2H3,(H,22,24)(H,23,26)/t19-,20+/m0/s1. The molecule has 2 heterocycles. The summed E-state index contributed by atoms with van der Waals surface area (Å²) >= 11 is 1.54. The maximum atomic E-state index is 12.4. The van der Waals surface area contributed by atoms with Crippen molar-refractivity contribution in [1.82, 2.24) is 20.4 Å². The number of H-pyrrole nitrogens is 1. The Hall–Kier alpha value is -1.83. The van der Waals surface area contributed by atoms with Crippen molar-refractivity contribution < 1.29 is 9.53 Å². The van der Waals surface area contributed by atoms with Crippen molar-refractivity contribution in [3.05, 3.63) is 53.3 Å². The molecule has 1 amide bonds. The molecule has 0 radical (unpaired) electrons. The number of carbonyl (C=O) groups excluding carboxylic acids is 1. The molecule has 4 rings (SSSR count). The first-order valence-electron chi connectivity index (χ1n) is 9.79. The summed E-state index contributed by atoms with van der Waals surface area (Å²) in [5.74, 6) is 0.545. The quantitative estimate of drug-likeness (QED) is 0.780. The van der Waals surface area contributed by atoms with Crippen LogP contribution in [0.4, 0.5) is 0 Å². The summed E-state index contributed by atoms with van der Waals surface area (Å²) < 4.78 is 6.06. The van der Waals surface area contributed by atoms with Gasteiger partial charge in [-0.3, -0.25) is 14.8 Å². The van der Waals surface area contributed by atoms with Crippen LogP contribution in [0.2, 0.25) is 0 Å². The third kappa shape index (κ3) is 3.47. The first kappa shape index (κ1) is 19.5. The normalized spacial score (nSPS) is 23.6. The van der Waals surface area contributed by atoms with Gasteiger partial charge in [0.1, 0.15) is 0 Å². The van der Waals surface area contributed by atoms with Crippen molar-refractivity contribution in [2.24, 2.45) is 0 Å². The summed E-state index contributed by atoms with van der Waals surface area (Å²) in [6.45, 7) is 2.89. The fraction of sp³-hybridized carbons (Fsp3) is 0.524. The Bertz CT molecular complexity index is 802. The van der Waals surface area contributed by atoms with Crippen LogP contribution in [-0.2, 0) is 21.5 Å². The van der Waals surface area contributed by atoms with Crippen LogP contribution in [0.15, 0.2) is 36.5 Å². The summed E-state index contributed by atoms with van der Waals surface area (Å²) in [7, 11) is 1.78. The van der Waals surface area contributed by atoms with Gasteiger partial charge in [0.2, 0.25) is 5.91 Å². The molecular weight excluding hydrogens is 372 g/mol. The number of aromatic amines is 1. The van der Waals surface area contributed by atoms with Gasteiger partial charge in [-0.25, -0.2) is 0 Å². The predicted molar refractivity (Wildman–Crippen MR) is 111 cm³/mol. The molecule has 1 aromatic heterocycles. The maximum Gasteiger partial charge on any atom is 0.230 e. The minimum absolute atomic E-state index is 0.0370. The first-order chi connectivity index (χ1) is 13.7. The minimum Gasteiger partial charge on any atom is -0.378 e. The molecule has 1 aliphatic heterocycles. The topological polar surface area (TPSA) is 70.2 Å². The fourth-order valence-electron chi connectivity index (χ4n) is 5.00. The number of nitrogens with one attached hydrogen (secondary N) is 2. The van der Waals surface area contributed by atoms with Crippen LogP contribution in [0.5, 0.6) is 0 Å². The van der Waals surface area contributed by atoms with Crippen molar-refractivity contribution >= 4 is 17.7 Å². The van der Waals surface area contributed by atoms with E-state index in [0.29, 0.717) is 5.75 Å². The summed E-state index contributed by atoms with van der Waals surface area (Å²) in [5.41, 5.74) is 3.66. The number of rotatable bonds is 6. The van der Waals surface area contributed by atoms with Crippen molar-refractivity contribution in [3.63, 3.8) is 0 Å². The zero-order valence-corrected chi connectivity index (χ0v) is 17.3. The smallest absolute Gasteiger partial charge is 0.230 e. The van der Waals surface area contributed by atoms with E-state index in [1.165, 1.54) is 11.1 Å². The van der Waals surface area contributed by atoms with Gasteiger partial charge in [0.15, 0.2) is 0 Å². The number of carbonyl (C=O) groups is 1. The van der Waals surface area contributed by atoms with E-state index in [2.05, 4.69) is 44.7 Å². The Morgan fingerprint density at radius 3 is 2.82 bits per heavy atom. The summed E-state index contributed by atoms with van der Waals surface area (Å²) in [6, 6.07) is 10.5. The molecule has 1 saturated heterocycles. The summed E-state index contributed by atoms with van der Waals surface area (Å²) in [5, 5.41) is 10.4. The van der Waals surface area contributed by atoms with E-state index >= 15 is 0 Å². The lowest BCUT2D eigenvalue weighted by Crippen LogP contribution is -2.50. The first-order valence-corrected chi connectivity index (χ1v) is 11.2. The van der Waals surface area contributed by atoms with Gasteiger partial charge >= 0.3 is 0 Å². The van der Waals surface area contributed by atoms with E-state index in [4.69, 9.17) is 4.74 Å². The van der Waals surface area contributed by atoms with Gasteiger partial charge in [-0.2, -0.15) is 16.9 Å². The second-order valence-corrected chi connectivity index (χ2v) is 8.60. The number of hydrogen-bond donors (Lipinski definition) is 2. The molecule has 150 valence electrons. The second-order valence-electron chi connectivity index (χ2n) is 7.74. The molecule has 1 aromatic carbocycles. The number of ether oxygens (including phenoxy) is 1. The van der Waals surface area contributed by atoms with Crippen LogP contribution < -0.4 is 5.32 Å². The predicted octanol–water partition coefficient (Wildman–Crippen LogP) is 2.49. The SMILES string of the molecule is CO[C@@H]1[C@@H](NC(=O)CSC)c2ccccc2C12CCN(Cc1ccn[nH]1)CC2. The molecule has 2 N–H and O–H groups in total. The lowest BCUT2D eigenvalue weighted by molar-refractivity contribution is -0.121.